The fourth-order valence-corrected chi connectivity index (χ4v) is 0.754. The summed E-state index contributed by atoms with van der Waals surface area (Å²) in [6.45, 7) is 3.25. The molecule has 0 bridgehead atoms. The molecule has 0 saturated carbocycles. The number of rotatable bonds is 2. The molecule has 2 nitrogen and oxygen atoms in total. The lowest BCUT2D eigenvalue weighted by molar-refractivity contribution is 0.217. The largest absolute Gasteiger partial charge is 0.383 e. The summed E-state index contributed by atoms with van der Waals surface area (Å²) in [5.41, 5.74) is -0.216. The van der Waals surface area contributed by atoms with Crippen molar-refractivity contribution in [3.05, 3.63) is 42.2 Å². The number of hydrogen-bond donors (Lipinski definition) is 1. The van der Waals surface area contributed by atoms with Crippen molar-refractivity contribution >= 4 is 0 Å². The zero-order valence-electron chi connectivity index (χ0n) is 6.17. The van der Waals surface area contributed by atoms with E-state index in [4.69, 9.17) is 5.11 Å². The SMILES string of the molecule is C=CC(O)c1ncc(F)cc1F. The smallest absolute Gasteiger partial charge is 0.150 e. The van der Waals surface area contributed by atoms with E-state index >= 15 is 0 Å². The van der Waals surface area contributed by atoms with Crippen molar-refractivity contribution in [2.75, 3.05) is 0 Å². The van der Waals surface area contributed by atoms with Crippen LogP contribution in [-0.2, 0) is 0 Å². The van der Waals surface area contributed by atoms with E-state index in [1.54, 1.807) is 0 Å². The molecular formula is C8H7F2NO. The summed E-state index contributed by atoms with van der Waals surface area (Å²) < 4.78 is 25.1. The lowest BCUT2D eigenvalue weighted by Crippen LogP contribution is -2.01. The molecule has 0 aliphatic heterocycles. The number of nitrogens with zero attached hydrogens (tertiary/aromatic N) is 1. The zero-order chi connectivity index (χ0) is 9.14. The number of aliphatic hydroxyl groups excluding tert-OH is 1. The zero-order valence-corrected chi connectivity index (χ0v) is 6.17. The van der Waals surface area contributed by atoms with Gasteiger partial charge in [-0.05, 0) is 0 Å². The third kappa shape index (κ3) is 1.65. The normalized spacial score (nSPS) is 12.6. The van der Waals surface area contributed by atoms with Gasteiger partial charge in [-0.15, -0.1) is 6.58 Å². The fraction of sp³-hybridized carbons (Fsp3) is 0.125. The van der Waals surface area contributed by atoms with E-state index in [1.165, 1.54) is 0 Å². The Balaban J connectivity index is 3.09. The van der Waals surface area contributed by atoms with E-state index in [2.05, 4.69) is 11.6 Å². The minimum absolute atomic E-state index is 0.216. The number of pyridine rings is 1. The van der Waals surface area contributed by atoms with E-state index < -0.39 is 17.7 Å². The molecule has 0 aliphatic carbocycles. The van der Waals surface area contributed by atoms with E-state index in [-0.39, 0.29) is 5.69 Å². The van der Waals surface area contributed by atoms with Crippen LogP contribution in [0.4, 0.5) is 8.78 Å². The molecule has 0 aliphatic rings. The van der Waals surface area contributed by atoms with E-state index in [0.29, 0.717) is 6.07 Å². The molecule has 0 saturated heterocycles. The number of aliphatic hydroxyl groups is 1. The molecule has 0 aromatic carbocycles. The fourth-order valence-electron chi connectivity index (χ4n) is 0.754. The Morgan fingerprint density at radius 2 is 2.25 bits per heavy atom. The Morgan fingerprint density at radius 3 is 2.75 bits per heavy atom. The third-order valence-corrected chi connectivity index (χ3v) is 1.34. The highest BCUT2D eigenvalue weighted by Crippen LogP contribution is 2.15. The maximum absolute atomic E-state index is 12.8. The highest BCUT2D eigenvalue weighted by atomic mass is 19.1. The predicted octanol–water partition coefficient (Wildman–Crippen LogP) is 1.58. The average Bonchev–Trinajstić information content (AvgIpc) is 2.03. The Kier molecular flexibility index (Phi) is 2.50. The summed E-state index contributed by atoms with van der Waals surface area (Å²) in [6, 6.07) is 0.662. The molecule has 1 N–H and O–H groups in total. The van der Waals surface area contributed by atoms with Crippen molar-refractivity contribution in [2.24, 2.45) is 0 Å². The third-order valence-electron chi connectivity index (χ3n) is 1.34. The van der Waals surface area contributed by atoms with Gasteiger partial charge < -0.3 is 5.11 Å². The first-order chi connectivity index (χ1) is 5.65. The molecule has 0 amide bonds. The molecule has 1 aromatic rings. The Morgan fingerprint density at radius 1 is 1.58 bits per heavy atom. The molecule has 1 aromatic heterocycles. The van der Waals surface area contributed by atoms with Crippen LogP contribution in [0.15, 0.2) is 24.9 Å². The summed E-state index contributed by atoms with van der Waals surface area (Å²) in [4.78, 5) is 3.38. The maximum Gasteiger partial charge on any atom is 0.150 e. The molecule has 12 heavy (non-hydrogen) atoms. The highest BCUT2D eigenvalue weighted by Gasteiger charge is 2.11. The number of aromatic nitrogens is 1. The van der Waals surface area contributed by atoms with Crippen LogP contribution < -0.4 is 0 Å². The van der Waals surface area contributed by atoms with Crippen LogP contribution in [0.25, 0.3) is 0 Å². The van der Waals surface area contributed by atoms with Gasteiger partial charge in [0.2, 0.25) is 0 Å². The first kappa shape index (κ1) is 8.80. The molecule has 1 rings (SSSR count). The molecule has 4 heteroatoms. The number of halogens is 2. The Labute approximate surface area is 68.2 Å². The van der Waals surface area contributed by atoms with E-state index in [9.17, 15) is 8.78 Å². The topological polar surface area (TPSA) is 33.1 Å². The molecule has 0 fully saturated rings. The van der Waals surface area contributed by atoms with E-state index in [0.717, 1.165) is 12.3 Å². The van der Waals surface area contributed by atoms with Gasteiger partial charge in [0.1, 0.15) is 17.6 Å². The Hall–Kier alpha value is -1.29. The van der Waals surface area contributed by atoms with Gasteiger partial charge in [-0.1, -0.05) is 6.08 Å². The van der Waals surface area contributed by atoms with Crippen LogP contribution in [-0.4, -0.2) is 10.1 Å². The molecular weight excluding hydrogens is 164 g/mol. The van der Waals surface area contributed by atoms with Gasteiger partial charge in [0.25, 0.3) is 0 Å². The molecule has 0 spiro atoms. The summed E-state index contributed by atoms with van der Waals surface area (Å²) in [5.74, 6) is -1.64. The lowest BCUT2D eigenvalue weighted by Gasteiger charge is -2.04. The molecule has 64 valence electrons. The second-order valence-electron chi connectivity index (χ2n) is 2.20. The van der Waals surface area contributed by atoms with Gasteiger partial charge in [-0.3, -0.25) is 4.98 Å². The first-order valence-corrected chi connectivity index (χ1v) is 3.26. The van der Waals surface area contributed by atoms with Crippen molar-refractivity contribution in [3.8, 4) is 0 Å². The van der Waals surface area contributed by atoms with Crippen molar-refractivity contribution in [3.63, 3.8) is 0 Å². The molecule has 1 atom stereocenters. The quantitative estimate of drug-likeness (QED) is 0.685. The van der Waals surface area contributed by atoms with Gasteiger partial charge in [-0.2, -0.15) is 0 Å². The Bertz CT molecular complexity index is 301. The van der Waals surface area contributed by atoms with Crippen LogP contribution in [0.3, 0.4) is 0 Å². The van der Waals surface area contributed by atoms with Crippen molar-refractivity contribution in [1.29, 1.82) is 0 Å². The van der Waals surface area contributed by atoms with Gasteiger partial charge in [0.15, 0.2) is 5.82 Å². The van der Waals surface area contributed by atoms with E-state index in [1.807, 2.05) is 0 Å². The van der Waals surface area contributed by atoms with Crippen molar-refractivity contribution < 1.29 is 13.9 Å². The van der Waals surface area contributed by atoms with Gasteiger partial charge in [-0.25, -0.2) is 8.78 Å². The molecule has 1 unspecified atom stereocenters. The van der Waals surface area contributed by atoms with Gasteiger partial charge in [0.05, 0.1) is 6.20 Å². The van der Waals surface area contributed by atoms with Crippen LogP contribution in [0.5, 0.6) is 0 Å². The highest BCUT2D eigenvalue weighted by molar-refractivity contribution is 5.14. The standard InChI is InChI=1S/C8H7F2NO/c1-2-7(12)8-6(10)3-5(9)4-11-8/h2-4,7,12H,1H2. The maximum atomic E-state index is 12.8. The molecule has 0 radical (unpaired) electrons. The molecule has 1 heterocycles. The van der Waals surface area contributed by atoms with Crippen LogP contribution in [0, 0.1) is 11.6 Å². The summed E-state index contributed by atoms with van der Waals surface area (Å²) in [7, 11) is 0. The van der Waals surface area contributed by atoms with Crippen LogP contribution >= 0.6 is 0 Å². The van der Waals surface area contributed by atoms with Gasteiger partial charge in [0, 0.05) is 6.07 Å². The minimum Gasteiger partial charge on any atom is -0.383 e. The average molecular weight is 171 g/mol. The summed E-state index contributed by atoms with van der Waals surface area (Å²) >= 11 is 0. The monoisotopic (exact) mass is 171 g/mol. The number of hydrogen-bond acceptors (Lipinski definition) is 2. The van der Waals surface area contributed by atoms with Crippen molar-refractivity contribution in [2.45, 2.75) is 6.10 Å². The summed E-state index contributed by atoms with van der Waals surface area (Å²) in [5, 5.41) is 9.06. The minimum atomic E-state index is -1.19. The van der Waals surface area contributed by atoms with Crippen LogP contribution in [0.1, 0.15) is 11.8 Å². The van der Waals surface area contributed by atoms with Crippen molar-refractivity contribution in [1.82, 2.24) is 4.98 Å². The lowest BCUT2D eigenvalue weighted by atomic mass is 10.2. The first-order valence-electron chi connectivity index (χ1n) is 3.26. The predicted molar refractivity (Wildman–Crippen MR) is 39.3 cm³/mol. The summed E-state index contributed by atoms with van der Waals surface area (Å²) in [6.07, 6.45) is 0.764. The second kappa shape index (κ2) is 3.40. The van der Waals surface area contributed by atoms with Crippen LogP contribution in [0.2, 0.25) is 0 Å². The van der Waals surface area contributed by atoms with Gasteiger partial charge >= 0.3 is 0 Å². The second-order valence-corrected chi connectivity index (χ2v) is 2.20.